The van der Waals surface area contributed by atoms with Gasteiger partial charge in [-0.2, -0.15) is 0 Å². The summed E-state index contributed by atoms with van der Waals surface area (Å²) < 4.78 is -0.597. The number of ketones is 1. The minimum absolute atomic E-state index is 0.0474. The van der Waals surface area contributed by atoms with E-state index in [2.05, 4.69) is 15.6 Å². The molecule has 1 aliphatic carbocycles. The molecule has 9 nitrogen and oxygen atoms in total. The zero-order chi connectivity index (χ0) is 22.7. The number of carbonyl (C=O) groups excluding carboxylic acids is 1. The number of hydrogen-bond donors (Lipinski definition) is 5. The van der Waals surface area contributed by atoms with Gasteiger partial charge in [-0.25, -0.2) is 4.99 Å². The van der Waals surface area contributed by atoms with Gasteiger partial charge in [0.2, 0.25) is 0 Å². The molecule has 31 heavy (non-hydrogen) atoms. The van der Waals surface area contributed by atoms with Crippen LogP contribution in [0.1, 0.15) is 13.3 Å². The lowest BCUT2D eigenvalue weighted by molar-refractivity contribution is -0.881. The standard InChI is InChI=1S/C22H32N4O5/c1-17-15-21(20(16-22(17)30)24-8-12-27)25-19-5-3-18(4-6-19)23-7-2-9-26(31,10-13-28)11-14-29/h3-6,15-16,23-24,27-29H,2,7-14H2,1H3/b25-21+. The summed E-state index contributed by atoms with van der Waals surface area (Å²) in [5, 5.41) is 45.8. The highest BCUT2D eigenvalue weighted by Crippen LogP contribution is 2.20. The number of hydroxylamine groups is 3. The summed E-state index contributed by atoms with van der Waals surface area (Å²) in [5.74, 6) is -0.0855. The molecule has 0 saturated carbocycles. The van der Waals surface area contributed by atoms with Crippen molar-refractivity contribution in [1.82, 2.24) is 5.32 Å². The molecular weight excluding hydrogens is 400 g/mol. The van der Waals surface area contributed by atoms with Crippen molar-refractivity contribution in [3.63, 3.8) is 0 Å². The average Bonchev–Trinajstić information content (AvgIpc) is 2.74. The summed E-state index contributed by atoms with van der Waals surface area (Å²) in [5.41, 5.74) is 3.41. The van der Waals surface area contributed by atoms with Gasteiger partial charge in [0.15, 0.2) is 5.78 Å². The minimum Gasteiger partial charge on any atom is -0.633 e. The van der Waals surface area contributed by atoms with E-state index in [1.807, 2.05) is 24.3 Å². The summed E-state index contributed by atoms with van der Waals surface area (Å²) in [6.45, 7) is 2.70. The zero-order valence-corrected chi connectivity index (χ0v) is 17.9. The quantitative estimate of drug-likeness (QED) is 0.135. The molecule has 0 aliphatic heterocycles. The number of aliphatic hydroxyl groups excluding tert-OH is 3. The Kier molecular flexibility index (Phi) is 9.83. The Hall–Kier alpha value is -2.56. The monoisotopic (exact) mass is 432 g/mol. The topological polar surface area (TPSA) is 137 Å². The first-order valence-corrected chi connectivity index (χ1v) is 10.4. The summed E-state index contributed by atoms with van der Waals surface area (Å²) in [4.78, 5) is 16.5. The van der Waals surface area contributed by atoms with E-state index < -0.39 is 4.65 Å². The van der Waals surface area contributed by atoms with Gasteiger partial charge in [0.25, 0.3) is 0 Å². The molecule has 0 spiro atoms. The van der Waals surface area contributed by atoms with E-state index in [1.54, 1.807) is 13.0 Å². The second-order valence-corrected chi connectivity index (χ2v) is 7.40. The molecule has 0 radical (unpaired) electrons. The second-order valence-electron chi connectivity index (χ2n) is 7.40. The Morgan fingerprint density at radius 1 is 0.935 bits per heavy atom. The lowest BCUT2D eigenvalue weighted by Gasteiger charge is -2.42. The smallest absolute Gasteiger partial charge is 0.183 e. The van der Waals surface area contributed by atoms with E-state index in [0.29, 0.717) is 43.0 Å². The van der Waals surface area contributed by atoms with Gasteiger partial charge in [-0.3, -0.25) is 4.79 Å². The predicted molar refractivity (Wildman–Crippen MR) is 121 cm³/mol. The van der Waals surface area contributed by atoms with Crippen LogP contribution >= 0.6 is 0 Å². The number of benzene rings is 1. The maximum atomic E-state index is 12.4. The molecule has 0 aromatic heterocycles. The lowest BCUT2D eigenvalue weighted by atomic mass is 10.0. The molecule has 0 amide bonds. The van der Waals surface area contributed by atoms with Crippen LogP contribution in [0.2, 0.25) is 0 Å². The molecule has 0 saturated heterocycles. The first kappa shape index (κ1) is 24.7. The van der Waals surface area contributed by atoms with Gasteiger partial charge in [-0.15, -0.1) is 0 Å². The molecule has 1 aromatic rings. The summed E-state index contributed by atoms with van der Waals surface area (Å²) >= 11 is 0. The largest absolute Gasteiger partial charge is 0.633 e. The fourth-order valence-corrected chi connectivity index (χ4v) is 3.19. The van der Waals surface area contributed by atoms with E-state index in [0.717, 1.165) is 11.4 Å². The van der Waals surface area contributed by atoms with Gasteiger partial charge in [0.1, 0.15) is 13.1 Å². The normalized spacial score (nSPS) is 15.6. The molecule has 1 aliphatic rings. The fourth-order valence-electron chi connectivity index (χ4n) is 3.19. The number of carbonyl (C=O) groups is 1. The molecule has 2 rings (SSSR count). The second kappa shape index (κ2) is 12.3. The number of nitrogens with zero attached hydrogens (tertiary/aromatic N) is 2. The number of nitrogens with one attached hydrogen (secondary N) is 2. The van der Waals surface area contributed by atoms with Crippen LogP contribution in [-0.4, -0.2) is 84.0 Å². The van der Waals surface area contributed by atoms with Crippen molar-refractivity contribution in [3.05, 3.63) is 52.9 Å². The first-order valence-electron chi connectivity index (χ1n) is 10.4. The molecule has 5 N–H and O–H groups in total. The number of quaternary nitrogens is 1. The number of aliphatic imine (C=N–C) groups is 1. The van der Waals surface area contributed by atoms with E-state index in [4.69, 9.17) is 15.3 Å². The van der Waals surface area contributed by atoms with Gasteiger partial charge >= 0.3 is 0 Å². The number of hydrogen-bond acceptors (Lipinski definition) is 8. The summed E-state index contributed by atoms with van der Waals surface area (Å²) in [6.07, 6.45) is 3.82. The Balaban J connectivity index is 1.95. The van der Waals surface area contributed by atoms with E-state index in [9.17, 15) is 10.0 Å². The molecule has 1 aromatic carbocycles. The van der Waals surface area contributed by atoms with Crippen LogP contribution in [0.15, 0.2) is 52.7 Å². The fraction of sp³-hybridized carbons (Fsp3) is 0.455. The third-order valence-electron chi connectivity index (χ3n) is 4.92. The van der Waals surface area contributed by atoms with Crippen molar-refractivity contribution in [2.75, 3.05) is 57.9 Å². The number of aliphatic hydroxyl groups is 3. The number of anilines is 1. The van der Waals surface area contributed by atoms with Gasteiger partial charge in [0, 0.05) is 31.3 Å². The first-order chi connectivity index (χ1) is 14.9. The summed E-state index contributed by atoms with van der Waals surface area (Å²) in [6, 6.07) is 7.47. The average molecular weight is 433 g/mol. The van der Waals surface area contributed by atoms with Crippen molar-refractivity contribution in [2.45, 2.75) is 13.3 Å². The number of rotatable bonds is 13. The predicted octanol–water partition coefficient (Wildman–Crippen LogP) is 0.855. The highest BCUT2D eigenvalue weighted by Gasteiger charge is 2.16. The van der Waals surface area contributed by atoms with Crippen molar-refractivity contribution in [3.8, 4) is 0 Å². The third kappa shape index (κ3) is 7.89. The molecule has 0 unspecified atom stereocenters. The van der Waals surface area contributed by atoms with Crippen LogP contribution in [-0.2, 0) is 4.79 Å². The summed E-state index contributed by atoms with van der Waals surface area (Å²) in [7, 11) is 0. The molecule has 170 valence electrons. The molecule has 9 heteroatoms. The maximum Gasteiger partial charge on any atom is 0.183 e. The Morgan fingerprint density at radius 3 is 2.23 bits per heavy atom. The van der Waals surface area contributed by atoms with Crippen molar-refractivity contribution >= 4 is 22.9 Å². The highest BCUT2D eigenvalue weighted by atomic mass is 16.5. The Labute approximate surface area is 182 Å². The highest BCUT2D eigenvalue weighted by molar-refractivity contribution is 6.22. The van der Waals surface area contributed by atoms with E-state index >= 15 is 0 Å². The molecule has 0 heterocycles. The Morgan fingerprint density at radius 2 is 1.61 bits per heavy atom. The van der Waals surface area contributed by atoms with Crippen molar-refractivity contribution in [1.29, 1.82) is 0 Å². The molecular formula is C22H32N4O5. The lowest BCUT2D eigenvalue weighted by Crippen LogP contribution is -2.47. The van der Waals surface area contributed by atoms with E-state index in [-0.39, 0.29) is 38.7 Å². The molecule has 0 fully saturated rings. The van der Waals surface area contributed by atoms with E-state index in [1.165, 1.54) is 6.08 Å². The van der Waals surface area contributed by atoms with Gasteiger partial charge in [-0.05, 0) is 42.8 Å². The minimum atomic E-state index is -0.597. The molecule has 0 atom stereocenters. The van der Waals surface area contributed by atoms with Crippen LogP contribution in [0, 0.1) is 5.21 Å². The van der Waals surface area contributed by atoms with Crippen molar-refractivity contribution < 1.29 is 24.8 Å². The van der Waals surface area contributed by atoms with Gasteiger partial charge in [-0.1, -0.05) is 0 Å². The van der Waals surface area contributed by atoms with Crippen LogP contribution in [0.5, 0.6) is 0 Å². The van der Waals surface area contributed by atoms with Crippen LogP contribution in [0.4, 0.5) is 11.4 Å². The number of allylic oxidation sites excluding steroid dienone is 3. The maximum absolute atomic E-state index is 12.4. The molecule has 0 bridgehead atoms. The van der Waals surface area contributed by atoms with Gasteiger partial charge < -0.3 is 35.8 Å². The SMILES string of the molecule is CC1=C/C(=N\c2ccc(NCCC[N+]([O-])(CCO)CCO)cc2)C(NCCO)=CC1=O. The zero-order valence-electron chi connectivity index (χ0n) is 17.9. The van der Waals surface area contributed by atoms with Gasteiger partial charge in [0.05, 0.1) is 43.5 Å². The van der Waals surface area contributed by atoms with Crippen LogP contribution in [0.3, 0.4) is 0 Å². The van der Waals surface area contributed by atoms with Crippen LogP contribution < -0.4 is 10.6 Å². The van der Waals surface area contributed by atoms with Crippen molar-refractivity contribution in [2.24, 2.45) is 4.99 Å². The van der Waals surface area contributed by atoms with Crippen LogP contribution in [0.25, 0.3) is 0 Å². The Bertz CT molecular complexity index is 812. The third-order valence-corrected chi connectivity index (χ3v) is 4.92.